The Kier molecular flexibility index (Phi) is 5.00. The highest BCUT2D eigenvalue weighted by molar-refractivity contribution is 7.26. The summed E-state index contributed by atoms with van der Waals surface area (Å²) in [7, 11) is 0. The molecular weight excluding hydrogens is 494 g/mol. The number of thiophene rings is 1. The van der Waals surface area contributed by atoms with E-state index in [9.17, 15) is 0 Å². The van der Waals surface area contributed by atoms with E-state index in [-0.39, 0.29) is 0 Å². The first-order chi connectivity index (χ1) is 19.3. The molecule has 4 heteroatoms. The minimum atomic E-state index is 0.895. The van der Waals surface area contributed by atoms with E-state index in [0.29, 0.717) is 0 Å². The third kappa shape index (κ3) is 3.53. The molecule has 0 saturated carbocycles. The molecule has 3 heterocycles. The SMILES string of the molecule is c1cc(-c2ccccc2-c2ncnc3ccc4cccnc4c23)cc(-c2cccc3c2sc2ccccc23)c1. The average Bonchev–Trinajstić information content (AvgIpc) is 3.40. The normalized spacial score (nSPS) is 11.6. The van der Waals surface area contributed by atoms with Crippen LogP contribution in [0.4, 0.5) is 0 Å². The van der Waals surface area contributed by atoms with Gasteiger partial charge in [-0.25, -0.2) is 9.97 Å². The van der Waals surface area contributed by atoms with Crippen LogP contribution in [0.3, 0.4) is 0 Å². The summed E-state index contributed by atoms with van der Waals surface area (Å²) < 4.78 is 2.64. The molecule has 8 aromatic rings. The van der Waals surface area contributed by atoms with E-state index in [4.69, 9.17) is 9.97 Å². The number of hydrogen-bond donors (Lipinski definition) is 0. The fourth-order valence-electron chi connectivity index (χ4n) is 5.66. The lowest BCUT2D eigenvalue weighted by Crippen LogP contribution is -1.94. The quantitative estimate of drug-likeness (QED) is 0.220. The number of nitrogens with zero attached hydrogens (tertiary/aromatic N) is 3. The van der Waals surface area contributed by atoms with E-state index in [2.05, 4.69) is 114 Å². The molecule has 0 fully saturated rings. The Morgan fingerprint density at radius 3 is 2.26 bits per heavy atom. The van der Waals surface area contributed by atoms with E-state index in [0.717, 1.165) is 44.2 Å². The number of pyridine rings is 1. The van der Waals surface area contributed by atoms with Crippen LogP contribution < -0.4 is 0 Å². The van der Waals surface area contributed by atoms with Crippen LogP contribution in [0.25, 0.3) is 75.5 Å². The zero-order chi connectivity index (χ0) is 25.8. The molecule has 3 nitrogen and oxygen atoms in total. The van der Waals surface area contributed by atoms with Crippen LogP contribution in [0.15, 0.2) is 128 Å². The standard InChI is InChI=1S/C35H21N3S/c1-2-13-28(34-32-30(37-21-38-34)18-17-22-10-7-19-36-33(22)32)25(11-1)23-8-5-9-24(20-23)26-14-6-15-29-27-12-3-4-16-31(27)39-35(26)29/h1-21H. The lowest BCUT2D eigenvalue weighted by Gasteiger charge is -2.13. The van der Waals surface area contributed by atoms with Crippen molar-refractivity contribution in [1.29, 1.82) is 0 Å². The third-order valence-electron chi connectivity index (χ3n) is 7.44. The topological polar surface area (TPSA) is 38.7 Å². The van der Waals surface area contributed by atoms with Crippen molar-refractivity contribution in [3.8, 4) is 33.5 Å². The van der Waals surface area contributed by atoms with E-state index in [1.807, 2.05) is 23.6 Å². The highest BCUT2D eigenvalue weighted by atomic mass is 32.1. The third-order valence-corrected chi connectivity index (χ3v) is 8.66. The number of fused-ring (bicyclic) bond motifs is 6. The number of benzene rings is 5. The van der Waals surface area contributed by atoms with Gasteiger partial charge in [0.15, 0.2) is 0 Å². The first kappa shape index (κ1) is 22.1. The van der Waals surface area contributed by atoms with Crippen LogP contribution in [0.2, 0.25) is 0 Å². The summed E-state index contributed by atoms with van der Waals surface area (Å²) in [6.45, 7) is 0. The second kappa shape index (κ2) is 8.83. The molecule has 0 aliphatic carbocycles. The number of aromatic nitrogens is 3. The maximum atomic E-state index is 4.81. The van der Waals surface area contributed by atoms with Crippen LogP contribution in [0.5, 0.6) is 0 Å². The largest absolute Gasteiger partial charge is 0.255 e. The van der Waals surface area contributed by atoms with Gasteiger partial charge >= 0.3 is 0 Å². The maximum absolute atomic E-state index is 4.81. The first-order valence-corrected chi connectivity index (χ1v) is 13.8. The monoisotopic (exact) mass is 515 g/mol. The Hall–Kier alpha value is -4.93. The van der Waals surface area contributed by atoms with Crippen molar-refractivity contribution in [2.45, 2.75) is 0 Å². The zero-order valence-electron chi connectivity index (χ0n) is 20.9. The van der Waals surface area contributed by atoms with Crippen molar-refractivity contribution in [3.05, 3.63) is 128 Å². The molecule has 0 bridgehead atoms. The second-order valence-electron chi connectivity index (χ2n) is 9.66. The van der Waals surface area contributed by atoms with Gasteiger partial charge in [-0.15, -0.1) is 11.3 Å². The van der Waals surface area contributed by atoms with E-state index in [1.165, 1.54) is 31.3 Å². The molecular formula is C35H21N3S. The minimum Gasteiger partial charge on any atom is -0.255 e. The minimum absolute atomic E-state index is 0.895. The predicted octanol–water partition coefficient (Wildman–Crippen LogP) is 9.55. The van der Waals surface area contributed by atoms with Crippen molar-refractivity contribution >= 4 is 53.3 Å². The molecule has 8 rings (SSSR count). The van der Waals surface area contributed by atoms with Gasteiger partial charge in [-0.2, -0.15) is 0 Å². The summed E-state index contributed by atoms with van der Waals surface area (Å²) in [5, 5.41) is 4.69. The molecule has 182 valence electrons. The fraction of sp³-hybridized carbons (Fsp3) is 0. The molecule has 3 aromatic heterocycles. The van der Waals surface area contributed by atoms with Gasteiger partial charge in [0.05, 0.1) is 22.1 Å². The Bertz CT molecular complexity index is 2200. The fourth-order valence-corrected chi connectivity index (χ4v) is 6.90. The maximum Gasteiger partial charge on any atom is 0.116 e. The van der Waals surface area contributed by atoms with Crippen LogP contribution in [-0.4, -0.2) is 15.0 Å². The molecule has 0 aliphatic rings. The Morgan fingerprint density at radius 1 is 0.538 bits per heavy atom. The van der Waals surface area contributed by atoms with Gasteiger partial charge in [0.25, 0.3) is 0 Å². The molecule has 0 spiro atoms. The van der Waals surface area contributed by atoms with Crippen molar-refractivity contribution < 1.29 is 0 Å². The molecule has 0 saturated heterocycles. The van der Waals surface area contributed by atoms with Crippen LogP contribution in [-0.2, 0) is 0 Å². The van der Waals surface area contributed by atoms with Gasteiger partial charge in [-0.1, -0.05) is 91.0 Å². The molecule has 0 unspecified atom stereocenters. The Morgan fingerprint density at radius 2 is 1.31 bits per heavy atom. The van der Waals surface area contributed by atoms with Gasteiger partial charge in [0.1, 0.15) is 6.33 Å². The van der Waals surface area contributed by atoms with Gasteiger partial charge in [0, 0.05) is 37.3 Å². The van der Waals surface area contributed by atoms with Crippen molar-refractivity contribution in [3.63, 3.8) is 0 Å². The summed E-state index contributed by atoms with van der Waals surface area (Å²) in [4.78, 5) is 14.1. The van der Waals surface area contributed by atoms with E-state index >= 15 is 0 Å². The lowest BCUT2D eigenvalue weighted by molar-refractivity contribution is 1.22. The van der Waals surface area contributed by atoms with Crippen molar-refractivity contribution in [2.75, 3.05) is 0 Å². The second-order valence-corrected chi connectivity index (χ2v) is 10.7. The first-order valence-electron chi connectivity index (χ1n) is 12.9. The molecule has 39 heavy (non-hydrogen) atoms. The molecule has 5 aromatic carbocycles. The molecule has 0 radical (unpaired) electrons. The summed E-state index contributed by atoms with van der Waals surface area (Å²) in [5.74, 6) is 0. The zero-order valence-corrected chi connectivity index (χ0v) is 21.7. The van der Waals surface area contributed by atoms with E-state index < -0.39 is 0 Å². The summed E-state index contributed by atoms with van der Waals surface area (Å²) >= 11 is 1.86. The average molecular weight is 516 g/mol. The summed E-state index contributed by atoms with van der Waals surface area (Å²) in [6.07, 6.45) is 3.49. The van der Waals surface area contributed by atoms with Gasteiger partial charge in [-0.05, 0) is 46.5 Å². The van der Waals surface area contributed by atoms with Crippen molar-refractivity contribution in [2.24, 2.45) is 0 Å². The van der Waals surface area contributed by atoms with Gasteiger partial charge in [0.2, 0.25) is 0 Å². The number of rotatable bonds is 3. The highest BCUT2D eigenvalue weighted by Crippen LogP contribution is 2.42. The Labute approximate surface area is 229 Å². The summed E-state index contributed by atoms with van der Waals surface area (Å²) in [6, 6.07) is 40.8. The smallest absolute Gasteiger partial charge is 0.116 e. The van der Waals surface area contributed by atoms with Crippen LogP contribution in [0, 0.1) is 0 Å². The molecule has 0 aliphatic heterocycles. The summed E-state index contributed by atoms with van der Waals surface area (Å²) in [5.41, 5.74) is 8.54. The van der Waals surface area contributed by atoms with E-state index in [1.54, 1.807) is 6.33 Å². The Balaban J connectivity index is 1.34. The van der Waals surface area contributed by atoms with Crippen molar-refractivity contribution in [1.82, 2.24) is 15.0 Å². The lowest BCUT2D eigenvalue weighted by atomic mass is 9.92. The predicted molar refractivity (Wildman–Crippen MR) is 164 cm³/mol. The molecule has 0 atom stereocenters. The highest BCUT2D eigenvalue weighted by Gasteiger charge is 2.16. The van der Waals surface area contributed by atoms with Crippen LogP contribution in [0.1, 0.15) is 0 Å². The van der Waals surface area contributed by atoms with Crippen LogP contribution >= 0.6 is 11.3 Å². The molecule has 0 N–H and O–H groups in total. The number of hydrogen-bond acceptors (Lipinski definition) is 4. The van der Waals surface area contributed by atoms with Gasteiger partial charge < -0.3 is 0 Å². The molecule has 0 amide bonds. The van der Waals surface area contributed by atoms with Gasteiger partial charge in [-0.3, -0.25) is 4.98 Å².